The van der Waals surface area contributed by atoms with Gasteiger partial charge in [-0.3, -0.25) is 14.7 Å². The number of anilines is 1. The second-order valence-corrected chi connectivity index (χ2v) is 3.96. The Morgan fingerprint density at radius 3 is 2.75 bits per heavy atom. The van der Waals surface area contributed by atoms with Gasteiger partial charge >= 0.3 is 0 Å². The number of amides is 1. The van der Waals surface area contributed by atoms with Crippen LogP contribution in [0.5, 0.6) is 0 Å². The van der Waals surface area contributed by atoms with Gasteiger partial charge < -0.3 is 5.32 Å². The lowest BCUT2D eigenvalue weighted by molar-refractivity contribution is 0.102. The van der Waals surface area contributed by atoms with Crippen molar-refractivity contribution in [1.29, 1.82) is 0 Å². The van der Waals surface area contributed by atoms with Crippen molar-refractivity contribution in [3.05, 3.63) is 58.5 Å². The highest BCUT2D eigenvalue weighted by molar-refractivity contribution is 6.04. The summed E-state index contributed by atoms with van der Waals surface area (Å²) in [5.41, 5.74) is -0.246. The van der Waals surface area contributed by atoms with Crippen LogP contribution in [0.3, 0.4) is 0 Å². The number of H-pyrrole nitrogens is 1. The molecule has 0 aliphatic carbocycles. The number of aromatic nitrogens is 4. The van der Waals surface area contributed by atoms with Gasteiger partial charge in [0.1, 0.15) is 17.8 Å². The third-order valence-corrected chi connectivity index (χ3v) is 2.66. The highest BCUT2D eigenvalue weighted by Crippen LogP contribution is 2.06. The molecule has 0 unspecified atom stereocenters. The van der Waals surface area contributed by atoms with Crippen molar-refractivity contribution in [2.45, 2.75) is 0 Å². The van der Waals surface area contributed by atoms with E-state index in [1.165, 1.54) is 24.7 Å². The molecule has 1 amide bonds. The molecule has 2 aromatic heterocycles. The summed E-state index contributed by atoms with van der Waals surface area (Å²) in [6.07, 6.45) is 2.54. The number of hydrogen-bond donors (Lipinski definition) is 2. The van der Waals surface area contributed by atoms with Gasteiger partial charge in [-0.1, -0.05) is 0 Å². The lowest BCUT2D eigenvalue weighted by Gasteiger charge is -2.04. The zero-order chi connectivity index (χ0) is 14.1. The molecule has 0 saturated carbocycles. The van der Waals surface area contributed by atoms with Crippen LogP contribution in [0.2, 0.25) is 0 Å². The van der Waals surface area contributed by atoms with Crippen LogP contribution in [-0.2, 0) is 0 Å². The van der Waals surface area contributed by atoms with Gasteiger partial charge in [-0.05, 0) is 24.3 Å². The Morgan fingerprint density at radius 2 is 2.00 bits per heavy atom. The Balaban J connectivity index is 1.93. The van der Waals surface area contributed by atoms with E-state index >= 15 is 0 Å². The normalized spacial score (nSPS) is 10.7. The van der Waals surface area contributed by atoms with Gasteiger partial charge in [0.25, 0.3) is 17.2 Å². The maximum atomic E-state index is 12.8. The first-order chi connectivity index (χ1) is 9.65. The van der Waals surface area contributed by atoms with E-state index in [9.17, 15) is 14.0 Å². The van der Waals surface area contributed by atoms with E-state index < -0.39 is 17.3 Å². The molecule has 3 aromatic rings. The van der Waals surface area contributed by atoms with E-state index in [0.29, 0.717) is 0 Å². The first-order valence-electron chi connectivity index (χ1n) is 5.63. The van der Waals surface area contributed by atoms with Crippen molar-refractivity contribution in [1.82, 2.24) is 19.6 Å². The fraction of sp³-hybridized carbons (Fsp3) is 0. The number of hydrogen-bond acceptors (Lipinski definition) is 4. The molecule has 0 saturated heterocycles. The number of carbonyl (C=O) groups excluding carboxylic acids is 1. The van der Waals surface area contributed by atoms with Crippen molar-refractivity contribution in [2.75, 3.05) is 5.32 Å². The molecule has 3 rings (SSSR count). The Bertz CT molecular complexity index is 837. The van der Waals surface area contributed by atoms with Gasteiger partial charge in [0.2, 0.25) is 0 Å². The summed E-state index contributed by atoms with van der Waals surface area (Å²) < 4.78 is 13.9. The van der Waals surface area contributed by atoms with Crippen LogP contribution in [0.1, 0.15) is 10.4 Å². The Kier molecular flexibility index (Phi) is 2.75. The zero-order valence-electron chi connectivity index (χ0n) is 10.0. The molecule has 0 atom stereocenters. The predicted octanol–water partition coefficient (Wildman–Crippen LogP) is 0.809. The van der Waals surface area contributed by atoms with Crippen LogP contribution in [0.15, 0.2) is 41.6 Å². The summed E-state index contributed by atoms with van der Waals surface area (Å²) in [5, 5.41) is 5.00. The number of nitrogens with zero attached hydrogens (tertiary/aromatic N) is 3. The van der Waals surface area contributed by atoms with Crippen molar-refractivity contribution in [3.63, 3.8) is 0 Å². The zero-order valence-corrected chi connectivity index (χ0v) is 10.0. The maximum absolute atomic E-state index is 12.8. The first kappa shape index (κ1) is 12.0. The molecule has 0 radical (unpaired) electrons. The molecule has 2 heterocycles. The van der Waals surface area contributed by atoms with Gasteiger partial charge in [-0.2, -0.15) is 4.52 Å². The van der Waals surface area contributed by atoms with Crippen LogP contribution in [-0.4, -0.2) is 25.5 Å². The molecule has 100 valence electrons. The first-order valence-corrected chi connectivity index (χ1v) is 5.63. The molecule has 2 N–H and O–H groups in total. The number of nitrogens with one attached hydrogen (secondary N) is 2. The number of rotatable bonds is 2. The number of aromatic amines is 1. The van der Waals surface area contributed by atoms with Crippen LogP contribution in [0, 0.1) is 5.82 Å². The number of fused-ring (bicyclic) bond motifs is 1. The number of carbonyl (C=O) groups is 1. The van der Waals surface area contributed by atoms with E-state index in [4.69, 9.17) is 0 Å². The molecule has 0 bridgehead atoms. The predicted molar refractivity (Wildman–Crippen MR) is 68.0 cm³/mol. The molecular formula is C12H8FN5O2. The van der Waals surface area contributed by atoms with Crippen LogP contribution < -0.4 is 10.9 Å². The molecule has 0 aliphatic heterocycles. The topological polar surface area (TPSA) is 92.2 Å². The second-order valence-electron chi connectivity index (χ2n) is 3.96. The van der Waals surface area contributed by atoms with E-state index in [-0.39, 0.29) is 17.0 Å². The summed E-state index contributed by atoms with van der Waals surface area (Å²) in [7, 11) is 0. The average Bonchev–Trinajstić information content (AvgIpc) is 2.92. The maximum Gasteiger partial charge on any atom is 0.297 e. The smallest absolute Gasteiger partial charge is 0.297 e. The quantitative estimate of drug-likeness (QED) is 0.722. The number of halogens is 1. The monoisotopic (exact) mass is 273 g/mol. The van der Waals surface area contributed by atoms with Crippen molar-refractivity contribution < 1.29 is 9.18 Å². The van der Waals surface area contributed by atoms with E-state index in [1.807, 2.05) is 0 Å². The molecule has 1 aromatic carbocycles. The molecule has 0 aliphatic rings. The van der Waals surface area contributed by atoms with E-state index in [1.54, 1.807) is 0 Å². The van der Waals surface area contributed by atoms with Crippen molar-refractivity contribution in [2.24, 2.45) is 0 Å². The number of benzene rings is 1. The van der Waals surface area contributed by atoms with E-state index in [0.717, 1.165) is 16.6 Å². The fourth-order valence-electron chi connectivity index (χ4n) is 1.68. The Hall–Kier alpha value is -3.03. The molecule has 20 heavy (non-hydrogen) atoms. The Labute approximate surface area is 111 Å². The minimum absolute atomic E-state index is 0.000995. The van der Waals surface area contributed by atoms with Gasteiger partial charge in [-0.25, -0.2) is 14.4 Å². The second kappa shape index (κ2) is 4.57. The lowest BCUT2D eigenvalue weighted by atomic mass is 10.2. The third-order valence-electron chi connectivity index (χ3n) is 2.66. The summed E-state index contributed by atoms with van der Waals surface area (Å²) >= 11 is 0. The summed E-state index contributed by atoms with van der Waals surface area (Å²) in [6.45, 7) is 0. The van der Waals surface area contributed by atoms with Gasteiger partial charge in [0.15, 0.2) is 0 Å². The third kappa shape index (κ3) is 2.03. The van der Waals surface area contributed by atoms with Gasteiger partial charge in [-0.15, -0.1) is 0 Å². The minimum atomic E-state index is -0.525. The van der Waals surface area contributed by atoms with Crippen LogP contribution in [0.25, 0.3) is 5.78 Å². The standard InChI is InChI=1S/C12H8FN5O2/c13-8-3-1-7(2-4-8)10(19)17-9-5-14-12-15-6-16-18(12)11(9)20/h1-6H,(H,17,19)(H,14,15,16). The average molecular weight is 273 g/mol. The highest BCUT2D eigenvalue weighted by Gasteiger charge is 2.11. The van der Waals surface area contributed by atoms with Crippen molar-refractivity contribution in [3.8, 4) is 0 Å². The molecule has 0 fully saturated rings. The van der Waals surface area contributed by atoms with Crippen LogP contribution in [0.4, 0.5) is 10.1 Å². The molecule has 7 nitrogen and oxygen atoms in total. The lowest BCUT2D eigenvalue weighted by Crippen LogP contribution is -2.23. The summed E-state index contributed by atoms with van der Waals surface area (Å²) in [5.74, 6) is -0.764. The highest BCUT2D eigenvalue weighted by atomic mass is 19.1. The summed E-state index contributed by atoms with van der Waals surface area (Å²) in [6, 6.07) is 4.98. The van der Waals surface area contributed by atoms with Crippen molar-refractivity contribution >= 4 is 17.4 Å². The van der Waals surface area contributed by atoms with E-state index in [2.05, 4.69) is 20.4 Å². The molecular weight excluding hydrogens is 265 g/mol. The fourth-order valence-corrected chi connectivity index (χ4v) is 1.68. The van der Waals surface area contributed by atoms with Crippen LogP contribution >= 0.6 is 0 Å². The summed E-state index contributed by atoms with van der Waals surface area (Å²) in [4.78, 5) is 31.6. The van der Waals surface area contributed by atoms with Gasteiger partial charge in [0, 0.05) is 5.56 Å². The Morgan fingerprint density at radius 1 is 1.25 bits per heavy atom. The van der Waals surface area contributed by atoms with Gasteiger partial charge in [0.05, 0.1) is 6.20 Å². The molecule has 0 spiro atoms. The SMILES string of the molecule is O=C(Nc1cnc2nc[nH]n2c1=O)c1ccc(F)cc1. The molecule has 8 heteroatoms. The minimum Gasteiger partial charge on any atom is -0.316 e. The largest absolute Gasteiger partial charge is 0.316 e.